The third-order valence-corrected chi connectivity index (χ3v) is 4.87. The van der Waals surface area contributed by atoms with Crippen molar-refractivity contribution in [2.75, 3.05) is 24.3 Å². The number of carbonyl (C=O) groups excluding carboxylic acids is 1. The maximum atomic E-state index is 13.5. The minimum Gasteiger partial charge on any atom is -0.366 e. The van der Waals surface area contributed by atoms with E-state index in [9.17, 15) is 9.18 Å². The molecule has 0 saturated heterocycles. The topological polar surface area (TPSA) is 113 Å². The second kappa shape index (κ2) is 8.02. The fraction of sp³-hybridized carbons (Fsp3) is 0.182. The Labute approximate surface area is 178 Å². The van der Waals surface area contributed by atoms with Crippen molar-refractivity contribution in [1.29, 1.82) is 0 Å². The van der Waals surface area contributed by atoms with Crippen LogP contribution in [0.4, 0.5) is 16.3 Å². The fourth-order valence-corrected chi connectivity index (χ4v) is 3.42. The number of aryl methyl sites for hydroxylation is 1. The summed E-state index contributed by atoms with van der Waals surface area (Å²) in [4.78, 5) is 30.5. The molecule has 4 N–H and O–H groups in total. The lowest BCUT2D eigenvalue weighted by Gasteiger charge is -2.14. The molecule has 0 aliphatic carbocycles. The number of amides is 1. The number of aromatic amines is 1. The van der Waals surface area contributed by atoms with Crippen LogP contribution in [0.25, 0.3) is 22.3 Å². The average Bonchev–Trinajstić information content (AvgIpc) is 3.07. The molecule has 1 amide bonds. The Hall–Kier alpha value is -4.01. The van der Waals surface area contributed by atoms with E-state index in [1.54, 1.807) is 23.1 Å². The largest absolute Gasteiger partial charge is 0.366 e. The first-order valence-corrected chi connectivity index (χ1v) is 9.66. The van der Waals surface area contributed by atoms with Gasteiger partial charge in [0.25, 0.3) is 5.91 Å². The lowest BCUT2D eigenvalue weighted by atomic mass is 10.1. The van der Waals surface area contributed by atoms with Crippen LogP contribution in [0.5, 0.6) is 0 Å². The van der Waals surface area contributed by atoms with Gasteiger partial charge in [0.15, 0.2) is 5.82 Å². The number of fused-ring (bicyclic) bond motifs is 1. The number of rotatable bonds is 6. The average molecular weight is 419 g/mol. The highest BCUT2D eigenvalue weighted by atomic mass is 19.1. The van der Waals surface area contributed by atoms with Gasteiger partial charge in [0, 0.05) is 37.3 Å². The van der Waals surface area contributed by atoms with Gasteiger partial charge in [0.1, 0.15) is 5.82 Å². The van der Waals surface area contributed by atoms with Crippen molar-refractivity contribution in [2.24, 2.45) is 5.73 Å². The van der Waals surface area contributed by atoms with E-state index in [0.717, 1.165) is 22.2 Å². The highest BCUT2D eigenvalue weighted by Crippen LogP contribution is 2.32. The van der Waals surface area contributed by atoms with E-state index >= 15 is 0 Å². The molecule has 4 aromatic rings. The molecule has 9 heteroatoms. The summed E-state index contributed by atoms with van der Waals surface area (Å²) in [6.07, 6.45) is 0. The van der Waals surface area contributed by atoms with Crippen LogP contribution in [0.15, 0.2) is 42.5 Å². The maximum absolute atomic E-state index is 13.5. The summed E-state index contributed by atoms with van der Waals surface area (Å²) in [5.74, 6) is 0.458. The van der Waals surface area contributed by atoms with Gasteiger partial charge in [-0.05, 0) is 30.7 Å². The molecule has 158 valence electrons. The van der Waals surface area contributed by atoms with Crippen molar-refractivity contribution in [2.45, 2.75) is 13.5 Å². The zero-order valence-electron chi connectivity index (χ0n) is 17.4. The Morgan fingerprint density at radius 3 is 2.65 bits per heavy atom. The Kier molecular flexibility index (Phi) is 5.24. The number of nitrogens with two attached hydrogens (primary N) is 1. The predicted octanol–water partition coefficient (Wildman–Crippen LogP) is 3.24. The van der Waals surface area contributed by atoms with E-state index in [1.165, 1.54) is 12.1 Å². The van der Waals surface area contributed by atoms with Crippen LogP contribution in [0.2, 0.25) is 0 Å². The number of nitrogens with one attached hydrogen (secondary N) is 2. The van der Waals surface area contributed by atoms with Gasteiger partial charge in [-0.3, -0.25) is 4.79 Å². The first kappa shape index (κ1) is 20.3. The van der Waals surface area contributed by atoms with Crippen molar-refractivity contribution in [3.05, 3.63) is 65.1 Å². The predicted molar refractivity (Wildman–Crippen MR) is 118 cm³/mol. The Morgan fingerprint density at radius 1 is 1.16 bits per heavy atom. The quantitative estimate of drug-likeness (QED) is 0.442. The van der Waals surface area contributed by atoms with Crippen LogP contribution in [0.3, 0.4) is 0 Å². The summed E-state index contributed by atoms with van der Waals surface area (Å²) in [6, 6.07) is 11.7. The summed E-state index contributed by atoms with van der Waals surface area (Å²) in [6.45, 7) is 2.24. The minimum absolute atomic E-state index is 0.302. The van der Waals surface area contributed by atoms with Crippen molar-refractivity contribution in [3.8, 4) is 11.4 Å². The molecule has 8 nitrogen and oxygen atoms in total. The lowest BCUT2D eigenvalue weighted by molar-refractivity contribution is 0.100. The fourth-order valence-electron chi connectivity index (χ4n) is 3.42. The number of benzene rings is 2. The van der Waals surface area contributed by atoms with Gasteiger partial charge in [-0.1, -0.05) is 24.3 Å². The molecule has 0 radical (unpaired) electrons. The number of para-hydroxylation sites is 1. The third kappa shape index (κ3) is 4.02. The standard InChI is InChI=1S/C22H22FN7O/c1-12-17(15-8-5-9-16(19(24)31)18(15)26-12)20-27-21(29-22(28-20)30(2)3)25-11-13-6-4-7-14(23)10-13/h4-10,26H,11H2,1-3H3,(H2,24,31)(H,25,27,28,29). The highest BCUT2D eigenvalue weighted by molar-refractivity contribution is 6.09. The van der Waals surface area contributed by atoms with Gasteiger partial charge in [-0.15, -0.1) is 0 Å². The lowest BCUT2D eigenvalue weighted by Crippen LogP contribution is -2.16. The number of H-pyrrole nitrogens is 1. The Bertz CT molecular complexity index is 1280. The summed E-state index contributed by atoms with van der Waals surface area (Å²) in [5, 5.41) is 3.94. The Morgan fingerprint density at radius 2 is 1.94 bits per heavy atom. The zero-order valence-corrected chi connectivity index (χ0v) is 17.4. The molecular formula is C22H22FN7O. The normalized spacial score (nSPS) is 11.0. The van der Waals surface area contributed by atoms with E-state index in [0.29, 0.717) is 35.3 Å². The van der Waals surface area contributed by atoms with Crippen LogP contribution in [-0.4, -0.2) is 39.9 Å². The number of hydrogen-bond donors (Lipinski definition) is 3. The SMILES string of the molecule is Cc1[nH]c2c(C(N)=O)cccc2c1-c1nc(NCc2cccc(F)c2)nc(N(C)C)n1. The summed E-state index contributed by atoms with van der Waals surface area (Å²) in [7, 11) is 3.67. The van der Waals surface area contributed by atoms with Crippen molar-refractivity contribution in [3.63, 3.8) is 0 Å². The molecule has 0 spiro atoms. The molecule has 2 heterocycles. The number of anilines is 2. The molecule has 2 aromatic carbocycles. The molecule has 0 bridgehead atoms. The van der Waals surface area contributed by atoms with E-state index < -0.39 is 5.91 Å². The number of carbonyl (C=O) groups is 1. The number of aromatic nitrogens is 4. The van der Waals surface area contributed by atoms with Crippen molar-refractivity contribution >= 4 is 28.7 Å². The zero-order chi connectivity index (χ0) is 22.1. The molecule has 0 unspecified atom stereocenters. The number of halogens is 1. The summed E-state index contributed by atoms with van der Waals surface area (Å²) >= 11 is 0. The second-order valence-electron chi connectivity index (χ2n) is 7.38. The van der Waals surface area contributed by atoms with Gasteiger partial charge in [0.05, 0.1) is 11.1 Å². The maximum Gasteiger partial charge on any atom is 0.250 e. The van der Waals surface area contributed by atoms with Gasteiger partial charge in [-0.2, -0.15) is 15.0 Å². The van der Waals surface area contributed by atoms with Crippen LogP contribution in [-0.2, 0) is 6.54 Å². The van der Waals surface area contributed by atoms with Crippen LogP contribution in [0, 0.1) is 12.7 Å². The number of nitrogens with zero attached hydrogens (tertiary/aromatic N) is 4. The molecule has 0 aliphatic rings. The van der Waals surface area contributed by atoms with Crippen molar-refractivity contribution < 1.29 is 9.18 Å². The van der Waals surface area contributed by atoms with E-state index in [4.69, 9.17) is 5.73 Å². The summed E-state index contributed by atoms with van der Waals surface area (Å²) in [5.41, 5.74) is 8.90. The minimum atomic E-state index is -0.513. The van der Waals surface area contributed by atoms with E-state index in [2.05, 4.69) is 25.3 Å². The van der Waals surface area contributed by atoms with Gasteiger partial charge in [0.2, 0.25) is 11.9 Å². The molecule has 31 heavy (non-hydrogen) atoms. The number of primary amides is 1. The van der Waals surface area contributed by atoms with Crippen molar-refractivity contribution in [1.82, 2.24) is 19.9 Å². The van der Waals surface area contributed by atoms with E-state index in [-0.39, 0.29) is 5.82 Å². The third-order valence-electron chi connectivity index (χ3n) is 4.87. The first-order chi connectivity index (χ1) is 14.8. The molecule has 0 saturated carbocycles. The molecular weight excluding hydrogens is 397 g/mol. The smallest absolute Gasteiger partial charge is 0.250 e. The molecule has 4 rings (SSSR count). The van der Waals surface area contributed by atoms with Crippen LogP contribution >= 0.6 is 0 Å². The highest BCUT2D eigenvalue weighted by Gasteiger charge is 2.19. The second-order valence-corrected chi connectivity index (χ2v) is 7.38. The number of hydrogen-bond acceptors (Lipinski definition) is 6. The Balaban J connectivity index is 1.79. The van der Waals surface area contributed by atoms with Crippen LogP contribution < -0.4 is 16.0 Å². The van der Waals surface area contributed by atoms with Gasteiger partial charge >= 0.3 is 0 Å². The van der Waals surface area contributed by atoms with E-state index in [1.807, 2.05) is 33.2 Å². The molecule has 0 aliphatic heterocycles. The van der Waals surface area contributed by atoms with Gasteiger partial charge in [-0.25, -0.2) is 4.39 Å². The molecule has 0 atom stereocenters. The monoisotopic (exact) mass is 419 g/mol. The van der Waals surface area contributed by atoms with Crippen LogP contribution in [0.1, 0.15) is 21.6 Å². The summed E-state index contributed by atoms with van der Waals surface area (Å²) < 4.78 is 13.5. The molecule has 0 fully saturated rings. The van der Waals surface area contributed by atoms with Gasteiger partial charge < -0.3 is 20.9 Å². The first-order valence-electron chi connectivity index (χ1n) is 9.66. The molecule has 2 aromatic heterocycles.